The highest BCUT2D eigenvalue weighted by Crippen LogP contribution is 2.30. The molecule has 2 heterocycles. The second-order valence-electron chi connectivity index (χ2n) is 5.55. The van der Waals surface area contributed by atoms with E-state index in [1.165, 1.54) is 12.8 Å². The quantitative estimate of drug-likeness (QED) is 0.827. The molecule has 20 heavy (non-hydrogen) atoms. The molecular weight excluding hydrogens is 256 g/mol. The van der Waals surface area contributed by atoms with Crippen molar-refractivity contribution in [2.45, 2.75) is 32.0 Å². The Hall–Kier alpha value is -1.62. The maximum atomic E-state index is 11.9. The van der Waals surface area contributed by atoms with E-state index in [0.29, 0.717) is 6.54 Å². The van der Waals surface area contributed by atoms with E-state index in [1.54, 1.807) is 17.3 Å². The van der Waals surface area contributed by atoms with Crippen molar-refractivity contribution in [3.05, 3.63) is 30.1 Å². The van der Waals surface area contributed by atoms with Crippen LogP contribution >= 0.6 is 0 Å². The van der Waals surface area contributed by atoms with Crippen molar-refractivity contribution in [2.75, 3.05) is 19.7 Å². The first-order chi connectivity index (χ1) is 9.81. The van der Waals surface area contributed by atoms with Crippen LogP contribution in [0.1, 0.15) is 24.8 Å². The molecule has 5 heteroatoms. The molecule has 1 aromatic rings. The summed E-state index contributed by atoms with van der Waals surface area (Å²) in [6, 6.07) is 3.73. The van der Waals surface area contributed by atoms with Crippen LogP contribution in [0, 0.1) is 5.92 Å². The fourth-order valence-corrected chi connectivity index (χ4v) is 2.31. The van der Waals surface area contributed by atoms with E-state index >= 15 is 0 Å². The van der Waals surface area contributed by atoms with Crippen molar-refractivity contribution < 1.29 is 14.3 Å². The molecule has 0 spiro atoms. The molecule has 1 unspecified atom stereocenters. The summed E-state index contributed by atoms with van der Waals surface area (Å²) in [5.41, 5.74) is 0.904. The van der Waals surface area contributed by atoms with Gasteiger partial charge in [0.05, 0.1) is 12.6 Å². The van der Waals surface area contributed by atoms with E-state index in [9.17, 15) is 4.79 Å². The Labute approximate surface area is 118 Å². The molecule has 1 amide bonds. The highest BCUT2D eigenvalue weighted by atomic mass is 16.6. The van der Waals surface area contributed by atoms with Crippen molar-refractivity contribution in [3.63, 3.8) is 0 Å². The van der Waals surface area contributed by atoms with Crippen LogP contribution in [0.2, 0.25) is 0 Å². The Morgan fingerprint density at radius 2 is 2.30 bits per heavy atom. The molecule has 1 aromatic heterocycles. The summed E-state index contributed by atoms with van der Waals surface area (Å²) >= 11 is 0. The Morgan fingerprint density at radius 1 is 1.40 bits per heavy atom. The number of nitrogens with zero attached hydrogens (tertiary/aromatic N) is 2. The zero-order chi connectivity index (χ0) is 13.8. The number of ether oxygens (including phenoxy) is 2. The monoisotopic (exact) mass is 276 g/mol. The maximum Gasteiger partial charge on any atom is 0.410 e. The number of hydrogen-bond acceptors (Lipinski definition) is 4. The van der Waals surface area contributed by atoms with Crippen LogP contribution < -0.4 is 0 Å². The van der Waals surface area contributed by atoms with Gasteiger partial charge in [-0.3, -0.25) is 4.98 Å². The first kappa shape index (κ1) is 13.4. The average molecular weight is 276 g/mol. The normalized spacial score (nSPS) is 22.0. The summed E-state index contributed by atoms with van der Waals surface area (Å²) in [6.07, 6.45) is 6.84. The molecule has 0 aromatic carbocycles. The molecule has 1 atom stereocenters. The highest BCUT2D eigenvalue weighted by molar-refractivity contribution is 5.68. The maximum absolute atomic E-state index is 11.9. The van der Waals surface area contributed by atoms with E-state index in [4.69, 9.17) is 9.47 Å². The van der Waals surface area contributed by atoms with Crippen LogP contribution in [0.25, 0.3) is 0 Å². The number of pyridine rings is 1. The predicted octanol–water partition coefficient (Wildman–Crippen LogP) is 2.22. The number of carbonyl (C=O) groups excluding carboxylic acids is 1. The van der Waals surface area contributed by atoms with E-state index in [-0.39, 0.29) is 18.8 Å². The molecule has 108 valence electrons. The largest absolute Gasteiger partial charge is 0.444 e. The lowest BCUT2D eigenvalue weighted by Crippen LogP contribution is -2.30. The number of likely N-dealkylation sites (tertiary alicyclic amines) is 1. The fourth-order valence-electron chi connectivity index (χ4n) is 2.31. The predicted molar refractivity (Wildman–Crippen MR) is 73.1 cm³/mol. The molecule has 1 saturated carbocycles. The van der Waals surface area contributed by atoms with Crippen LogP contribution in [0.3, 0.4) is 0 Å². The van der Waals surface area contributed by atoms with Crippen molar-refractivity contribution in [2.24, 2.45) is 5.92 Å². The van der Waals surface area contributed by atoms with Crippen molar-refractivity contribution in [3.8, 4) is 0 Å². The number of rotatable bonds is 5. The average Bonchev–Trinajstić information content (AvgIpc) is 3.20. The van der Waals surface area contributed by atoms with Gasteiger partial charge in [0.2, 0.25) is 0 Å². The van der Waals surface area contributed by atoms with E-state index < -0.39 is 0 Å². The van der Waals surface area contributed by atoms with Gasteiger partial charge in [0.15, 0.2) is 0 Å². The lowest BCUT2D eigenvalue weighted by molar-refractivity contribution is 0.0478. The van der Waals surface area contributed by atoms with Crippen LogP contribution in [-0.4, -0.2) is 41.8 Å². The summed E-state index contributed by atoms with van der Waals surface area (Å²) in [7, 11) is 0. The van der Waals surface area contributed by atoms with E-state index in [0.717, 1.165) is 31.1 Å². The highest BCUT2D eigenvalue weighted by Gasteiger charge is 2.30. The van der Waals surface area contributed by atoms with Gasteiger partial charge in [0.1, 0.15) is 6.61 Å². The number of amides is 1. The second kappa shape index (κ2) is 6.22. The molecule has 0 radical (unpaired) electrons. The van der Waals surface area contributed by atoms with Crippen molar-refractivity contribution in [1.82, 2.24) is 9.88 Å². The van der Waals surface area contributed by atoms with Gasteiger partial charge in [0, 0.05) is 31.1 Å². The van der Waals surface area contributed by atoms with Crippen LogP contribution in [0.5, 0.6) is 0 Å². The Bertz CT molecular complexity index is 448. The van der Waals surface area contributed by atoms with Gasteiger partial charge in [-0.05, 0) is 31.2 Å². The van der Waals surface area contributed by atoms with Gasteiger partial charge in [-0.15, -0.1) is 0 Å². The van der Waals surface area contributed by atoms with Crippen molar-refractivity contribution in [1.29, 1.82) is 0 Å². The zero-order valence-corrected chi connectivity index (χ0v) is 11.5. The number of aromatic nitrogens is 1. The van der Waals surface area contributed by atoms with E-state index in [2.05, 4.69) is 4.98 Å². The Kier molecular flexibility index (Phi) is 4.16. The summed E-state index contributed by atoms with van der Waals surface area (Å²) in [5, 5.41) is 0. The SMILES string of the molecule is O=C(OCc1cccnc1)N1CCC(OCC2CC2)C1. The summed E-state index contributed by atoms with van der Waals surface area (Å²) in [6.45, 7) is 2.50. The molecule has 0 N–H and O–H groups in total. The first-order valence-corrected chi connectivity index (χ1v) is 7.23. The van der Waals surface area contributed by atoms with Crippen LogP contribution in [0.15, 0.2) is 24.5 Å². The topological polar surface area (TPSA) is 51.7 Å². The third-order valence-electron chi connectivity index (χ3n) is 3.75. The van der Waals surface area contributed by atoms with Crippen molar-refractivity contribution >= 4 is 6.09 Å². The molecule has 0 bridgehead atoms. The Morgan fingerprint density at radius 3 is 3.05 bits per heavy atom. The molecule has 1 aliphatic heterocycles. The minimum Gasteiger partial charge on any atom is -0.444 e. The van der Waals surface area contributed by atoms with Crippen LogP contribution in [-0.2, 0) is 16.1 Å². The smallest absolute Gasteiger partial charge is 0.410 e. The van der Waals surface area contributed by atoms with Gasteiger partial charge in [-0.1, -0.05) is 6.07 Å². The molecule has 2 aliphatic rings. The Balaban J connectivity index is 1.39. The summed E-state index contributed by atoms with van der Waals surface area (Å²) in [4.78, 5) is 17.7. The second-order valence-corrected chi connectivity index (χ2v) is 5.55. The number of carbonyl (C=O) groups is 1. The molecule has 2 fully saturated rings. The van der Waals surface area contributed by atoms with Gasteiger partial charge < -0.3 is 14.4 Å². The lowest BCUT2D eigenvalue weighted by atomic mass is 10.3. The van der Waals surface area contributed by atoms with Gasteiger partial charge in [-0.2, -0.15) is 0 Å². The molecule has 3 rings (SSSR count). The fraction of sp³-hybridized carbons (Fsp3) is 0.600. The molecular formula is C15H20N2O3. The summed E-state index contributed by atoms with van der Waals surface area (Å²) < 4.78 is 11.1. The van der Waals surface area contributed by atoms with Gasteiger partial charge >= 0.3 is 6.09 Å². The van der Waals surface area contributed by atoms with Crippen LogP contribution in [0.4, 0.5) is 4.79 Å². The lowest BCUT2D eigenvalue weighted by Gasteiger charge is -2.16. The minimum atomic E-state index is -0.258. The third kappa shape index (κ3) is 3.70. The van der Waals surface area contributed by atoms with E-state index in [1.807, 2.05) is 12.1 Å². The number of hydrogen-bond donors (Lipinski definition) is 0. The van der Waals surface area contributed by atoms with Gasteiger partial charge in [-0.25, -0.2) is 4.79 Å². The standard InChI is InChI=1S/C15H20N2O3/c18-15(20-11-13-2-1-6-16-8-13)17-7-5-14(9-17)19-10-12-3-4-12/h1-2,6,8,12,14H,3-5,7,9-11H2. The first-order valence-electron chi connectivity index (χ1n) is 7.23. The molecule has 5 nitrogen and oxygen atoms in total. The minimum absolute atomic E-state index is 0.182. The van der Waals surface area contributed by atoms with Gasteiger partial charge in [0.25, 0.3) is 0 Å². The summed E-state index contributed by atoms with van der Waals surface area (Å²) in [5.74, 6) is 0.765. The molecule has 1 saturated heterocycles. The molecule has 1 aliphatic carbocycles. The zero-order valence-electron chi connectivity index (χ0n) is 11.5. The third-order valence-corrected chi connectivity index (χ3v) is 3.75.